The molecule has 1 rings (SSSR count). The number of carbonyl (C=O) groups excluding carboxylic acids is 1. The van der Waals surface area contributed by atoms with Crippen molar-refractivity contribution in [3.05, 3.63) is 33.8 Å². The Morgan fingerprint density at radius 3 is 2.47 bits per heavy atom. The Bertz CT molecular complexity index is 501. The van der Waals surface area contributed by atoms with Gasteiger partial charge in [-0.05, 0) is 31.5 Å². The second kappa shape index (κ2) is 6.26. The van der Waals surface area contributed by atoms with Gasteiger partial charge in [-0.15, -0.1) is 0 Å². The van der Waals surface area contributed by atoms with Crippen molar-refractivity contribution in [1.29, 1.82) is 0 Å². The zero-order chi connectivity index (χ0) is 14.6. The first-order chi connectivity index (χ1) is 8.72. The number of nitrogens with one attached hydrogen (secondary N) is 1. The quantitative estimate of drug-likeness (QED) is 0.879. The second-order valence-electron chi connectivity index (χ2n) is 4.88. The van der Waals surface area contributed by atoms with E-state index < -0.39 is 11.4 Å². The van der Waals surface area contributed by atoms with E-state index in [1.165, 1.54) is 0 Å². The maximum Gasteiger partial charge on any atom is 0.310 e. The molecule has 1 aromatic carbocycles. The van der Waals surface area contributed by atoms with E-state index in [0.717, 1.165) is 0 Å². The van der Waals surface area contributed by atoms with Gasteiger partial charge in [0.05, 0.1) is 11.8 Å². The van der Waals surface area contributed by atoms with Gasteiger partial charge >= 0.3 is 5.97 Å². The van der Waals surface area contributed by atoms with E-state index in [9.17, 15) is 9.59 Å². The Hall–Kier alpha value is -1.26. The Morgan fingerprint density at radius 2 is 1.95 bits per heavy atom. The molecule has 0 atom stereocenters. The SMILES string of the molecule is CC(C)(CNC(=O)Cc1ccc(Cl)cc1Cl)C(=O)O. The number of rotatable bonds is 5. The number of halogens is 2. The Labute approximate surface area is 121 Å². The molecule has 0 aliphatic heterocycles. The highest BCUT2D eigenvalue weighted by atomic mass is 35.5. The number of hydrogen-bond donors (Lipinski definition) is 2. The van der Waals surface area contributed by atoms with Gasteiger partial charge in [0.15, 0.2) is 0 Å². The molecule has 0 aliphatic carbocycles. The molecular formula is C13H15Cl2NO3. The zero-order valence-corrected chi connectivity index (χ0v) is 12.2. The van der Waals surface area contributed by atoms with Crippen molar-refractivity contribution in [3.8, 4) is 0 Å². The lowest BCUT2D eigenvalue weighted by Crippen LogP contribution is -2.39. The van der Waals surface area contributed by atoms with E-state index in [-0.39, 0.29) is 18.9 Å². The molecule has 1 amide bonds. The molecule has 2 N–H and O–H groups in total. The molecule has 104 valence electrons. The fraction of sp³-hybridized carbons (Fsp3) is 0.385. The zero-order valence-electron chi connectivity index (χ0n) is 10.7. The molecule has 6 heteroatoms. The fourth-order valence-corrected chi connectivity index (χ4v) is 1.77. The average molecular weight is 304 g/mol. The summed E-state index contributed by atoms with van der Waals surface area (Å²) in [6, 6.07) is 4.89. The first-order valence-corrected chi connectivity index (χ1v) is 6.42. The van der Waals surface area contributed by atoms with Crippen molar-refractivity contribution < 1.29 is 14.7 Å². The lowest BCUT2D eigenvalue weighted by molar-refractivity contribution is -0.146. The standard InChI is InChI=1S/C13H15Cl2NO3/c1-13(2,12(18)19)7-16-11(17)5-8-3-4-9(14)6-10(8)15/h3-4,6H,5,7H2,1-2H3,(H,16,17)(H,18,19). The molecule has 0 saturated carbocycles. The molecule has 0 aromatic heterocycles. The minimum atomic E-state index is -1.00. The summed E-state index contributed by atoms with van der Waals surface area (Å²) in [5.74, 6) is -1.24. The predicted molar refractivity (Wildman–Crippen MR) is 74.6 cm³/mol. The van der Waals surface area contributed by atoms with Crippen LogP contribution in [0.2, 0.25) is 10.0 Å². The molecule has 0 heterocycles. The van der Waals surface area contributed by atoms with Crippen molar-refractivity contribution in [2.45, 2.75) is 20.3 Å². The number of aliphatic carboxylic acids is 1. The molecule has 4 nitrogen and oxygen atoms in total. The van der Waals surface area contributed by atoms with Crippen molar-refractivity contribution in [2.75, 3.05) is 6.54 Å². The molecule has 19 heavy (non-hydrogen) atoms. The number of carboxylic acids is 1. The number of carbonyl (C=O) groups is 2. The van der Waals surface area contributed by atoms with Crippen LogP contribution in [0.15, 0.2) is 18.2 Å². The summed E-state index contributed by atoms with van der Waals surface area (Å²) < 4.78 is 0. The summed E-state index contributed by atoms with van der Waals surface area (Å²) in [6.45, 7) is 3.15. The van der Waals surface area contributed by atoms with Crippen molar-refractivity contribution in [3.63, 3.8) is 0 Å². The summed E-state index contributed by atoms with van der Waals surface area (Å²) in [6.07, 6.45) is 0.0890. The van der Waals surface area contributed by atoms with Gasteiger partial charge in [-0.3, -0.25) is 9.59 Å². The smallest absolute Gasteiger partial charge is 0.310 e. The van der Waals surface area contributed by atoms with Crippen LogP contribution in [-0.2, 0) is 16.0 Å². The maximum absolute atomic E-state index is 11.7. The van der Waals surface area contributed by atoms with Crippen molar-refractivity contribution >= 4 is 35.1 Å². The molecule has 1 aromatic rings. The van der Waals surface area contributed by atoms with Gasteiger partial charge in [-0.1, -0.05) is 29.3 Å². The highest BCUT2D eigenvalue weighted by Crippen LogP contribution is 2.21. The van der Waals surface area contributed by atoms with Gasteiger partial charge in [0.1, 0.15) is 0 Å². The Morgan fingerprint density at radius 1 is 1.32 bits per heavy atom. The van der Waals surface area contributed by atoms with E-state index in [0.29, 0.717) is 15.6 Å². The van der Waals surface area contributed by atoms with E-state index in [1.807, 2.05) is 0 Å². The molecule has 0 aliphatic rings. The largest absolute Gasteiger partial charge is 0.481 e. The van der Waals surface area contributed by atoms with Crippen LogP contribution >= 0.6 is 23.2 Å². The third-order valence-corrected chi connectivity index (χ3v) is 3.26. The number of carboxylic acid groups (broad SMARTS) is 1. The topological polar surface area (TPSA) is 66.4 Å². The van der Waals surface area contributed by atoms with E-state index >= 15 is 0 Å². The Balaban J connectivity index is 2.59. The average Bonchev–Trinajstić information content (AvgIpc) is 2.30. The van der Waals surface area contributed by atoms with Gasteiger partial charge in [0.25, 0.3) is 0 Å². The van der Waals surface area contributed by atoms with Crippen LogP contribution in [0, 0.1) is 5.41 Å². The predicted octanol–water partition coefficient (Wildman–Crippen LogP) is 2.76. The monoisotopic (exact) mass is 303 g/mol. The van der Waals surface area contributed by atoms with Crippen LogP contribution in [-0.4, -0.2) is 23.5 Å². The molecule has 0 spiro atoms. The van der Waals surface area contributed by atoms with Gasteiger partial charge in [0.2, 0.25) is 5.91 Å². The summed E-state index contributed by atoms with van der Waals surface area (Å²) in [5, 5.41) is 12.4. The first kappa shape index (κ1) is 15.8. The molecule has 0 radical (unpaired) electrons. The summed E-state index contributed by atoms with van der Waals surface area (Å²) >= 11 is 11.7. The van der Waals surface area contributed by atoms with Crippen LogP contribution in [0.25, 0.3) is 0 Å². The highest BCUT2D eigenvalue weighted by Gasteiger charge is 2.27. The van der Waals surface area contributed by atoms with Gasteiger partial charge in [-0.2, -0.15) is 0 Å². The Kier molecular flexibility index (Phi) is 5.20. The summed E-state index contributed by atoms with van der Waals surface area (Å²) in [4.78, 5) is 22.6. The van der Waals surface area contributed by atoms with Crippen molar-refractivity contribution in [2.24, 2.45) is 5.41 Å². The van der Waals surface area contributed by atoms with Gasteiger partial charge in [0, 0.05) is 16.6 Å². The molecular weight excluding hydrogens is 289 g/mol. The third-order valence-electron chi connectivity index (χ3n) is 2.67. The molecule has 0 fully saturated rings. The molecule has 0 unspecified atom stereocenters. The van der Waals surface area contributed by atoms with E-state index in [4.69, 9.17) is 28.3 Å². The molecule has 0 saturated heterocycles. The van der Waals surface area contributed by atoms with Crippen LogP contribution < -0.4 is 5.32 Å². The lowest BCUT2D eigenvalue weighted by Gasteiger charge is -2.19. The number of hydrogen-bond acceptors (Lipinski definition) is 2. The van der Waals surface area contributed by atoms with Crippen LogP contribution in [0.3, 0.4) is 0 Å². The number of benzene rings is 1. The molecule has 0 bridgehead atoms. The maximum atomic E-state index is 11.7. The van der Waals surface area contributed by atoms with E-state index in [1.54, 1.807) is 32.0 Å². The van der Waals surface area contributed by atoms with Crippen LogP contribution in [0.5, 0.6) is 0 Å². The highest BCUT2D eigenvalue weighted by molar-refractivity contribution is 6.35. The van der Waals surface area contributed by atoms with E-state index in [2.05, 4.69) is 5.32 Å². The van der Waals surface area contributed by atoms with Gasteiger partial charge < -0.3 is 10.4 Å². The van der Waals surface area contributed by atoms with Gasteiger partial charge in [-0.25, -0.2) is 0 Å². The second-order valence-corrected chi connectivity index (χ2v) is 5.72. The third kappa shape index (κ3) is 4.73. The summed E-state index contributed by atoms with van der Waals surface area (Å²) in [5.41, 5.74) is -0.351. The van der Waals surface area contributed by atoms with Crippen molar-refractivity contribution in [1.82, 2.24) is 5.32 Å². The minimum absolute atomic E-state index is 0.0619. The first-order valence-electron chi connectivity index (χ1n) is 5.66. The van der Waals surface area contributed by atoms with Crippen LogP contribution in [0.1, 0.15) is 19.4 Å². The fourth-order valence-electron chi connectivity index (χ4n) is 1.30. The number of amides is 1. The van der Waals surface area contributed by atoms with Crippen LogP contribution in [0.4, 0.5) is 0 Å². The minimum Gasteiger partial charge on any atom is -0.481 e. The normalized spacial score (nSPS) is 11.2. The summed E-state index contributed by atoms with van der Waals surface area (Å²) in [7, 11) is 0. The lowest BCUT2D eigenvalue weighted by atomic mass is 9.94.